The summed E-state index contributed by atoms with van der Waals surface area (Å²) in [5.41, 5.74) is 3.13. The molecule has 0 aliphatic carbocycles. The fourth-order valence-electron chi connectivity index (χ4n) is 3.63. The number of hydrogen-bond acceptors (Lipinski definition) is 4. The van der Waals surface area contributed by atoms with Gasteiger partial charge in [0, 0.05) is 12.5 Å². The third kappa shape index (κ3) is 4.68. The number of anilines is 1. The molecule has 0 radical (unpaired) electrons. The molecule has 2 aromatic carbocycles. The first-order valence-electron chi connectivity index (χ1n) is 10.8. The Morgan fingerprint density at radius 2 is 1.70 bits per heavy atom. The van der Waals surface area contributed by atoms with Crippen molar-refractivity contribution >= 4 is 39.2 Å². The van der Waals surface area contributed by atoms with Crippen LogP contribution >= 0.6 is 11.3 Å². The van der Waals surface area contributed by atoms with Crippen molar-refractivity contribution in [3.63, 3.8) is 0 Å². The number of aromatic nitrogens is 2. The molecule has 2 aromatic heterocycles. The summed E-state index contributed by atoms with van der Waals surface area (Å²) < 4.78 is 2.02. The topological polar surface area (TPSA) is 76.0 Å². The van der Waals surface area contributed by atoms with Gasteiger partial charge >= 0.3 is 0 Å². The van der Waals surface area contributed by atoms with Crippen molar-refractivity contribution in [3.8, 4) is 0 Å². The van der Waals surface area contributed by atoms with Crippen molar-refractivity contribution in [3.05, 3.63) is 82.5 Å². The number of fused-ring (bicyclic) bond motifs is 1. The van der Waals surface area contributed by atoms with E-state index in [-0.39, 0.29) is 11.8 Å². The summed E-state index contributed by atoms with van der Waals surface area (Å²) in [5, 5.41) is 6.77. The highest BCUT2D eigenvalue weighted by molar-refractivity contribution is 7.18. The van der Waals surface area contributed by atoms with Gasteiger partial charge in [-0.05, 0) is 36.2 Å². The second-order valence-corrected chi connectivity index (χ2v) is 10.2. The van der Waals surface area contributed by atoms with Gasteiger partial charge in [-0.1, -0.05) is 63.2 Å². The number of thiophene rings is 1. The fourth-order valence-corrected chi connectivity index (χ4v) is 4.60. The Kier molecular flexibility index (Phi) is 6.08. The lowest BCUT2D eigenvalue weighted by molar-refractivity contribution is -0.123. The van der Waals surface area contributed by atoms with E-state index in [4.69, 9.17) is 4.98 Å². The average molecular weight is 461 g/mol. The van der Waals surface area contributed by atoms with Crippen LogP contribution in [0.4, 0.5) is 5.00 Å². The molecule has 0 saturated carbocycles. The lowest BCUT2D eigenvalue weighted by Gasteiger charge is -2.19. The number of aryl methyl sites for hydroxylation is 2. The highest BCUT2D eigenvalue weighted by Crippen LogP contribution is 2.30. The van der Waals surface area contributed by atoms with Gasteiger partial charge in [-0.25, -0.2) is 4.98 Å². The normalized spacial score (nSPS) is 12.5. The lowest BCUT2D eigenvalue weighted by Crippen LogP contribution is -2.31. The van der Waals surface area contributed by atoms with E-state index < -0.39 is 11.5 Å². The van der Waals surface area contributed by atoms with Gasteiger partial charge in [0.25, 0.3) is 5.91 Å². The van der Waals surface area contributed by atoms with Gasteiger partial charge in [0.05, 0.1) is 20.9 Å². The fraction of sp³-hybridized carbons (Fsp3) is 0.269. The van der Waals surface area contributed by atoms with Crippen LogP contribution in [0.1, 0.15) is 53.4 Å². The number of hydrogen-bond donors (Lipinski definition) is 2. The van der Waals surface area contributed by atoms with Gasteiger partial charge in [0.15, 0.2) is 0 Å². The van der Waals surface area contributed by atoms with E-state index in [2.05, 4.69) is 10.6 Å². The third-order valence-electron chi connectivity index (χ3n) is 5.53. The number of para-hydroxylation sites is 2. The molecule has 6 nitrogen and oxygen atoms in total. The molecule has 170 valence electrons. The Hall–Kier alpha value is -3.45. The molecule has 4 aromatic rings. The van der Waals surface area contributed by atoms with Gasteiger partial charge in [0.1, 0.15) is 11.9 Å². The second kappa shape index (κ2) is 8.83. The minimum absolute atomic E-state index is 0.0856. The smallest absolute Gasteiger partial charge is 0.262 e. The number of nitrogens with zero attached hydrogens (tertiary/aromatic N) is 2. The number of amides is 2. The molecule has 1 atom stereocenters. The molecule has 0 aliphatic heterocycles. The summed E-state index contributed by atoms with van der Waals surface area (Å²) >= 11 is 1.28. The number of carbonyl (C=O) groups excluding carboxylic acids is 2. The summed E-state index contributed by atoms with van der Waals surface area (Å²) in [5.74, 6) is 0.471. The zero-order chi connectivity index (χ0) is 23.8. The van der Waals surface area contributed by atoms with E-state index >= 15 is 0 Å². The van der Waals surface area contributed by atoms with Crippen LogP contribution < -0.4 is 10.6 Å². The molecule has 0 spiro atoms. The second-order valence-electron chi connectivity index (χ2n) is 9.16. The van der Waals surface area contributed by atoms with Crippen molar-refractivity contribution < 1.29 is 9.59 Å². The number of benzene rings is 2. The molecule has 0 fully saturated rings. The maximum Gasteiger partial charge on any atom is 0.262 e. The summed E-state index contributed by atoms with van der Waals surface area (Å²) in [6.45, 7) is 7.46. The van der Waals surface area contributed by atoms with Gasteiger partial charge in [-0.3, -0.25) is 9.59 Å². The number of nitrogens with one attached hydrogen (secondary N) is 2. The standard InChI is InChI=1S/C26H28N4O2S/c1-16-15-20(28-25(32)26(2,3)4)33-22(16)24(31)29-21(17-11-7-6-8-12-17)23-27-18-13-9-10-14-19(18)30(23)5/h6-15,21H,1-5H3,(H,28,32)(H,29,31). The zero-order valence-corrected chi connectivity index (χ0v) is 20.3. The number of imidazole rings is 1. The van der Waals surface area contributed by atoms with Crippen molar-refractivity contribution in [1.82, 2.24) is 14.9 Å². The molecular formula is C26H28N4O2S. The molecule has 2 heterocycles. The molecule has 0 saturated heterocycles. The van der Waals surface area contributed by atoms with E-state index in [1.165, 1.54) is 11.3 Å². The van der Waals surface area contributed by atoms with Crippen molar-refractivity contribution in [1.29, 1.82) is 0 Å². The van der Waals surface area contributed by atoms with E-state index in [0.29, 0.717) is 9.88 Å². The van der Waals surface area contributed by atoms with Crippen LogP contribution in [0.25, 0.3) is 11.0 Å². The van der Waals surface area contributed by atoms with E-state index in [9.17, 15) is 9.59 Å². The summed E-state index contributed by atoms with van der Waals surface area (Å²) in [6, 6.07) is 19.2. The lowest BCUT2D eigenvalue weighted by atomic mass is 9.96. The summed E-state index contributed by atoms with van der Waals surface area (Å²) in [7, 11) is 1.96. The van der Waals surface area contributed by atoms with Crippen LogP contribution in [-0.4, -0.2) is 21.4 Å². The molecule has 0 bridgehead atoms. The Morgan fingerprint density at radius 3 is 2.36 bits per heavy atom. The Bertz CT molecular complexity index is 1320. The van der Waals surface area contributed by atoms with Crippen LogP contribution in [0.5, 0.6) is 0 Å². The molecular weight excluding hydrogens is 432 g/mol. The Morgan fingerprint density at radius 1 is 1.03 bits per heavy atom. The number of carbonyl (C=O) groups is 2. The molecule has 33 heavy (non-hydrogen) atoms. The molecule has 4 rings (SSSR count). The maximum absolute atomic E-state index is 13.4. The average Bonchev–Trinajstić information content (AvgIpc) is 3.31. The van der Waals surface area contributed by atoms with Crippen molar-refractivity contribution in [2.75, 3.05) is 5.32 Å². The van der Waals surface area contributed by atoms with Gasteiger partial charge in [-0.15, -0.1) is 11.3 Å². The van der Waals surface area contributed by atoms with Crippen LogP contribution in [0.2, 0.25) is 0 Å². The SMILES string of the molecule is Cc1cc(NC(=O)C(C)(C)C)sc1C(=O)NC(c1ccccc1)c1nc2ccccc2n1C. The first kappa shape index (κ1) is 22.7. The predicted octanol–water partition coefficient (Wildman–Crippen LogP) is 5.45. The quantitative estimate of drug-likeness (QED) is 0.416. The predicted molar refractivity (Wildman–Crippen MR) is 134 cm³/mol. The first-order chi connectivity index (χ1) is 15.6. The van der Waals surface area contributed by atoms with Crippen LogP contribution in [0.15, 0.2) is 60.7 Å². The maximum atomic E-state index is 13.4. The molecule has 2 N–H and O–H groups in total. The van der Waals surface area contributed by atoms with E-state index in [1.54, 1.807) is 0 Å². The third-order valence-corrected chi connectivity index (χ3v) is 6.68. The van der Waals surface area contributed by atoms with Gasteiger partial charge in [-0.2, -0.15) is 0 Å². The Labute approximate surface area is 197 Å². The van der Waals surface area contributed by atoms with Crippen LogP contribution in [-0.2, 0) is 11.8 Å². The van der Waals surface area contributed by atoms with Crippen LogP contribution in [0.3, 0.4) is 0 Å². The molecule has 2 amide bonds. The van der Waals surface area contributed by atoms with E-state index in [0.717, 1.165) is 28.0 Å². The largest absolute Gasteiger partial charge is 0.337 e. The summed E-state index contributed by atoms with van der Waals surface area (Å²) in [6.07, 6.45) is 0. The summed E-state index contributed by atoms with van der Waals surface area (Å²) in [4.78, 5) is 31.2. The zero-order valence-electron chi connectivity index (χ0n) is 19.5. The first-order valence-corrected chi connectivity index (χ1v) is 11.7. The van der Waals surface area contributed by atoms with Gasteiger partial charge in [0.2, 0.25) is 5.91 Å². The van der Waals surface area contributed by atoms with Crippen molar-refractivity contribution in [2.24, 2.45) is 12.5 Å². The highest BCUT2D eigenvalue weighted by atomic mass is 32.1. The Balaban J connectivity index is 1.67. The van der Waals surface area contributed by atoms with Crippen LogP contribution in [0, 0.1) is 12.3 Å². The minimum atomic E-state index is -0.515. The monoisotopic (exact) mass is 460 g/mol. The molecule has 7 heteroatoms. The number of rotatable bonds is 5. The highest BCUT2D eigenvalue weighted by Gasteiger charge is 2.26. The molecule has 0 aliphatic rings. The van der Waals surface area contributed by atoms with Gasteiger partial charge < -0.3 is 15.2 Å². The molecule has 1 unspecified atom stereocenters. The van der Waals surface area contributed by atoms with Crippen molar-refractivity contribution in [2.45, 2.75) is 33.7 Å². The minimum Gasteiger partial charge on any atom is -0.337 e. The van der Waals surface area contributed by atoms with E-state index in [1.807, 2.05) is 100.0 Å².